The van der Waals surface area contributed by atoms with E-state index in [4.69, 9.17) is 9.47 Å². The van der Waals surface area contributed by atoms with Crippen LogP contribution in [0.15, 0.2) is 36.0 Å². The summed E-state index contributed by atoms with van der Waals surface area (Å²) in [5.74, 6) is -0.911. The van der Waals surface area contributed by atoms with Crippen molar-refractivity contribution in [3.05, 3.63) is 36.0 Å². The molecule has 7 atom stereocenters. The van der Waals surface area contributed by atoms with Crippen LogP contribution in [-0.2, 0) is 19.1 Å². The minimum absolute atomic E-state index is 0.0157. The van der Waals surface area contributed by atoms with Gasteiger partial charge < -0.3 is 19.7 Å². The van der Waals surface area contributed by atoms with E-state index in [9.17, 15) is 19.8 Å². The van der Waals surface area contributed by atoms with Crippen molar-refractivity contribution in [3.63, 3.8) is 0 Å². The monoisotopic (exact) mass is 436 g/mol. The van der Waals surface area contributed by atoms with Gasteiger partial charge in [0.05, 0.1) is 18.6 Å². The molecule has 0 aromatic carbocycles. The van der Waals surface area contributed by atoms with E-state index in [2.05, 4.69) is 0 Å². The van der Waals surface area contributed by atoms with E-state index < -0.39 is 30.4 Å². The van der Waals surface area contributed by atoms with E-state index >= 15 is 0 Å². The fourth-order valence-corrected chi connectivity index (χ4v) is 3.62. The lowest BCUT2D eigenvalue weighted by Gasteiger charge is -2.27. The number of aliphatic hydroxyl groups excluding tert-OH is 2. The summed E-state index contributed by atoms with van der Waals surface area (Å²) in [5.41, 5.74) is 0.851. The van der Waals surface area contributed by atoms with Gasteiger partial charge in [-0.2, -0.15) is 0 Å². The third kappa shape index (κ3) is 9.83. The third-order valence-electron chi connectivity index (χ3n) is 5.81. The molecule has 176 valence electrons. The number of hydrogen-bond donors (Lipinski definition) is 2. The Bertz CT molecular complexity index is 665. The number of carbonyl (C=O) groups is 2. The average molecular weight is 437 g/mol. The molecule has 0 bridgehead atoms. The minimum Gasteiger partial charge on any atom is -0.458 e. The van der Waals surface area contributed by atoms with Crippen molar-refractivity contribution < 1.29 is 29.3 Å². The van der Waals surface area contributed by atoms with Crippen LogP contribution in [0.4, 0.5) is 0 Å². The van der Waals surface area contributed by atoms with Gasteiger partial charge in [-0.3, -0.25) is 9.59 Å². The Kier molecular flexibility index (Phi) is 11.8. The Morgan fingerprint density at radius 2 is 1.97 bits per heavy atom. The molecule has 1 heterocycles. The van der Waals surface area contributed by atoms with Crippen molar-refractivity contribution in [2.45, 2.75) is 91.6 Å². The molecule has 1 aliphatic rings. The molecule has 6 nitrogen and oxygen atoms in total. The SMILES string of the molecule is CCC(O)C(C)/C=C/C=C(\C)C1OC(=O)CC(O)CCC(C)C(OC(C)=O)/C=C/C1C. The number of carbonyl (C=O) groups excluding carboxylic acids is 2. The molecule has 6 heteroatoms. The molecule has 31 heavy (non-hydrogen) atoms. The molecule has 0 saturated heterocycles. The molecular weight excluding hydrogens is 396 g/mol. The van der Waals surface area contributed by atoms with Crippen molar-refractivity contribution in [3.8, 4) is 0 Å². The van der Waals surface area contributed by atoms with Gasteiger partial charge in [-0.15, -0.1) is 0 Å². The average Bonchev–Trinajstić information content (AvgIpc) is 2.71. The Morgan fingerprint density at radius 3 is 2.58 bits per heavy atom. The second-order valence-corrected chi connectivity index (χ2v) is 8.77. The Balaban J connectivity index is 3.12. The molecule has 0 aromatic heterocycles. The lowest BCUT2D eigenvalue weighted by molar-refractivity contribution is -0.151. The molecule has 1 aliphatic heterocycles. The second kappa shape index (κ2) is 13.5. The number of ether oxygens (including phenoxy) is 2. The van der Waals surface area contributed by atoms with Crippen LogP contribution in [-0.4, -0.2) is 46.6 Å². The second-order valence-electron chi connectivity index (χ2n) is 8.77. The largest absolute Gasteiger partial charge is 0.458 e. The highest BCUT2D eigenvalue weighted by atomic mass is 16.5. The maximum atomic E-state index is 12.4. The molecule has 0 amide bonds. The summed E-state index contributed by atoms with van der Waals surface area (Å²) in [5, 5.41) is 20.2. The number of aliphatic hydroxyl groups is 2. The number of hydrogen-bond acceptors (Lipinski definition) is 6. The molecule has 0 aliphatic carbocycles. The number of cyclic esters (lactones) is 1. The van der Waals surface area contributed by atoms with Crippen molar-refractivity contribution in [1.29, 1.82) is 0 Å². The molecule has 0 aromatic rings. The first-order valence-electron chi connectivity index (χ1n) is 11.3. The highest BCUT2D eigenvalue weighted by Gasteiger charge is 2.26. The maximum absolute atomic E-state index is 12.4. The van der Waals surface area contributed by atoms with Crippen LogP contribution < -0.4 is 0 Å². The van der Waals surface area contributed by atoms with Crippen LogP contribution in [0.25, 0.3) is 0 Å². The highest BCUT2D eigenvalue weighted by molar-refractivity contribution is 5.70. The van der Waals surface area contributed by atoms with Crippen LogP contribution in [0.1, 0.15) is 67.2 Å². The predicted molar refractivity (Wildman–Crippen MR) is 121 cm³/mol. The maximum Gasteiger partial charge on any atom is 0.309 e. The Hall–Kier alpha value is -1.92. The minimum atomic E-state index is -0.798. The van der Waals surface area contributed by atoms with Crippen molar-refractivity contribution in [2.75, 3.05) is 0 Å². The zero-order chi connectivity index (χ0) is 23.6. The first kappa shape index (κ1) is 27.1. The first-order valence-corrected chi connectivity index (χ1v) is 11.3. The summed E-state index contributed by atoms with van der Waals surface area (Å²) >= 11 is 0. The van der Waals surface area contributed by atoms with Crippen LogP contribution in [0.3, 0.4) is 0 Å². The molecule has 0 saturated carbocycles. The van der Waals surface area contributed by atoms with Gasteiger partial charge in [0.25, 0.3) is 0 Å². The molecule has 1 rings (SSSR count). The zero-order valence-electron chi connectivity index (χ0n) is 19.8. The summed E-state index contributed by atoms with van der Waals surface area (Å²) in [6.45, 7) is 11.1. The van der Waals surface area contributed by atoms with Gasteiger partial charge in [0.2, 0.25) is 0 Å². The van der Waals surface area contributed by atoms with E-state index in [0.29, 0.717) is 19.3 Å². The number of rotatable bonds is 6. The van der Waals surface area contributed by atoms with E-state index in [1.165, 1.54) is 6.92 Å². The number of allylic oxidation sites excluding steroid dienone is 2. The molecule has 2 N–H and O–H groups in total. The van der Waals surface area contributed by atoms with Crippen LogP contribution in [0.2, 0.25) is 0 Å². The van der Waals surface area contributed by atoms with Gasteiger partial charge in [0.1, 0.15) is 12.2 Å². The van der Waals surface area contributed by atoms with Gasteiger partial charge in [-0.05, 0) is 43.8 Å². The fraction of sp³-hybridized carbons (Fsp3) is 0.680. The normalized spacial score (nSPS) is 31.8. The first-order chi connectivity index (χ1) is 14.5. The Labute approximate surface area is 187 Å². The van der Waals surface area contributed by atoms with Crippen molar-refractivity contribution in [2.24, 2.45) is 17.8 Å². The predicted octanol–water partition coefficient (Wildman–Crippen LogP) is 4.11. The highest BCUT2D eigenvalue weighted by Crippen LogP contribution is 2.24. The summed E-state index contributed by atoms with van der Waals surface area (Å²) in [6, 6.07) is 0. The van der Waals surface area contributed by atoms with E-state index in [-0.39, 0.29) is 30.1 Å². The fourth-order valence-electron chi connectivity index (χ4n) is 3.62. The van der Waals surface area contributed by atoms with Gasteiger partial charge in [0.15, 0.2) is 0 Å². The van der Waals surface area contributed by atoms with Gasteiger partial charge >= 0.3 is 11.9 Å². The van der Waals surface area contributed by atoms with Crippen LogP contribution in [0, 0.1) is 17.8 Å². The lowest BCUT2D eigenvalue weighted by atomic mass is 9.92. The smallest absolute Gasteiger partial charge is 0.309 e. The topological polar surface area (TPSA) is 93.1 Å². The quantitative estimate of drug-likeness (QED) is 0.370. The van der Waals surface area contributed by atoms with E-state index in [1.807, 2.05) is 65.0 Å². The standard InChI is InChI=1S/C25H40O6/c1-7-22(28)16(2)9-8-10-18(4)25-19(5)12-14-23(30-20(6)26)17(3)11-13-21(27)15-24(29)31-25/h8-10,12,14,16-17,19,21-23,25,27-28H,7,11,13,15H2,1-6H3/b9-8+,14-12+,18-10+. The lowest BCUT2D eigenvalue weighted by Crippen LogP contribution is -2.30. The third-order valence-corrected chi connectivity index (χ3v) is 5.81. The van der Waals surface area contributed by atoms with E-state index in [1.54, 1.807) is 0 Å². The summed E-state index contributed by atoms with van der Waals surface area (Å²) in [6.07, 6.45) is 9.02. The van der Waals surface area contributed by atoms with Gasteiger partial charge in [-0.1, -0.05) is 52.0 Å². The van der Waals surface area contributed by atoms with Crippen molar-refractivity contribution in [1.82, 2.24) is 0 Å². The van der Waals surface area contributed by atoms with Crippen molar-refractivity contribution >= 4 is 11.9 Å². The van der Waals surface area contributed by atoms with Crippen LogP contribution in [0.5, 0.6) is 0 Å². The Morgan fingerprint density at radius 1 is 1.29 bits per heavy atom. The summed E-state index contributed by atoms with van der Waals surface area (Å²) in [7, 11) is 0. The van der Waals surface area contributed by atoms with Gasteiger partial charge in [0, 0.05) is 18.8 Å². The number of esters is 2. The molecular formula is C25H40O6. The molecule has 0 spiro atoms. The summed E-state index contributed by atoms with van der Waals surface area (Å²) in [4.78, 5) is 23.9. The van der Waals surface area contributed by atoms with E-state index in [0.717, 1.165) is 5.57 Å². The molecule has 0 fully saturated rings. The molecule has 7 unspecified atom stereocenters. The zero-order valence-corrected chi connectivity index (χ0v) is 19.8. The summed E-state index contributed by atoms with van der Waals surface area (Å²) < 4.78 is 11.2. The van der Waals surface area contributed by atoms with Gasteiger partial charge in [-0.25, -0.2) is 0 Å². The van der Waals surface area contributed by atoms with Crippen LogP contribution >= 0.6 is 0 Å². The molecule has 0 radical (unpaired) electrons.